The first-order valence-corrected chi connectivity index (χ1v) is 6.43. The summed E-state index contributed by atoms with van der Waals surface area (Å²) in [6.45, 7) is 4.73. The molecular formula is C14H22N2O3. The summed E-state index contributed by atoms with van der Waals surface area (Å²) in [4.78, 5) is 13.2. The molecule has 1 atom stereocenters. The highest BCUT2D eigenvalue weighted by molar-refractivity contribution is 5.74. The molecular weight excluding hydrogens is 244 g/mol. The van der Waals surface area contributed by atoms with Gasteiger partial charge >= 0.3 is 6.03 Å². The molecule has 0 saturated heterocycles. The third-order valence-electron chi connectivity index (χ3n) is 2.79. The van der Waals surface area contributed by atoms with E-state index in [2.05, 4.69) is 5.32 Å². The standard InChI is InChI=1S/C14H22N2O3/c1-4-19-13-7-5-6-12(10-13)11(2)15-14(18)16(3)8-9-17/h5-7,10-11,17H,4,8-9H2,1-3H3,(H,15,18). The molecule has 1 aromatic carbocycles. The van der Waals surface area contributed by atoms with Crippen LogP contribution in [0.4, 0.5) is 4.79 Å². The summed E-state index contributed by atoms with van der Waals surface area (Å²) in [5.74, 6) is 0.796. The average Bonchev–Trinajstić information content (AvgIpc) is 2.39. The van der Waals surface area contributed by atoms with Crippen LogP contribution in [-0.2, 0) is 0 Å². The first-order chi connectivity index (χ1) is 9.08. The molecule has 0 bridgehead atoms. The molecule has 2 N–H and O–H groups in total. The van der Waals surface area contributed by atoms with E-state index in [0.717, 1.165) is 11.3 Å². The minimum atomic E-state index is -0.205. The molecule has 0 radical (unpaired) electrons. The molecule has 106 valence electrons. The predicted octanol–water partition coefficient (Wildman–Crippen LogP) is 1.78. The molecule has 0 fully saturated rings. The van der Waals surface area contributed by atoms with Crippen LogP contribution in [0.2, 0.25) is 0 Å². The van der Waals surface area contributed by atoms with Crippen LogP contribution in [0.15, 0.2) is 24.3 Å². The summed E-state index contributed by atoms with van der Waals surface area (Å²) in [5.41, 5.74) is 0.983. The van der Waals surface area contributed by atoms with Crippen molar-refractivity contribution >= 4 is 6.03 Å². The van der Waals surface area contributed by atoms with Gasteiger partial charge in [-0.2, -0.15) is 0 Å². The maximum atomic E-state index is 11.8. The molecule has 2 amide bonds. The Hall–Kier alpha value is -1.75. The van der Waals surface area contributed by atoms with E-state index >= 15 is 0 Å². The third-order valence-corrected chi connectivity index (χ3v) is 2.79. The second-order valence-electron chi connectivity index (χ2n) is 4.32. The summed E-state index contributed by atoms with van der Waals surface area (Å²) in [7, 11) is 1.65. The van der Waals surface area contributed by atoms with Crippen molar-refractivity contribution in [2.24, 2.45) is 0 Å². The highest BCUT2D eigenvalue weighted by Gasteiger charge is 2.13. The van der Waals surface area contributed by atoms with Gasteiger partial charge in [-0.1, -0.05) is 12.1 Å². The second-order valence-corrected chi connectivity index (χ2v) is 4.32. The molecule has 1 unspecified atom stereocenters. The van der Waals surface area contributed by atoms with E-state index in [1.807, 2.05) is 38.1 Å². The molecule has 0 aliphatic heterocycles. The van der Waals surface area contributed by atoms with Crippen LogP contribution in [0.1, 0.15) is 25.5 Å². The number of ether oxygens (including phenoxy) is 1. The summed E-state index contributed by atoms with van der Waals surface area (Å²) in [6, 6.07) is 7.33. The number of carbonyl (C=O) groups is 1. The Morgan fingerprint density at radius 2 is 2.26 bits per heavy atom. The zero-order valence-corrected chi connectivity index (χ0v) is 11.7. The van der Waals surface area contributed by atoms with E-state index in [-0.39, 0.29) is 18.7 Å². The van der Waals surface area contributed by atoms with Gasteiger partial charge in [-0.05, 0) is 31.5 Å². The third kappa shape index (κ3) is 4.79. The molecule has 0 saturated carbocycles. The zero-order valence-electron chi connectivity index (χ0n) is 11.7. The van der Waals surface area contributed by atoms with Crippen LogP contribution in [0.3, 0.4) is 0 Å². The number of nitrogens with one attached hydrogen (secondary N) is 1. The summed E-state index contributed by atoms with van der Waals surface area (Å²) >= 11 is 0. The van der Waals surface area contributed by atoms with E-state index in [1.165, 1.54) is 4.90 Å². The fraction of sp³-hybridized carbons (Fsp3) is 0.500. The second kappa shape index (κ2) is 7.63. The number of benzene rings is 1. The van der Waals surface area contributed by atoms with Crippen molar-refractivity contribution in [2.45, 2.75) is 19.9 Å². The van der Waals surface area contributed by atoms with Gasteiger partial charge in [0, 0.05) is 13.6 Å². The van der Waals surface area contributed by atoms with E-state index in [4.69, 9.17) is 9.84 Å². The lowest BCUT2D eigenvalue weighted by Crippen LogP contribution is -2.39. The van der Waals surface area contributed by atoms with Crippen LogP contribution in [0.25, 0.3) is 0 Å². The Kier molecular flexibility index (Phi) is 6.15. The van der Waals surface area contributed by atoms with Crippen molar-refractivity contribution in [3.05, 3.63) is 29.8 Å². The van der Waals surface area contributed by atoms with E-state index < -0.39 is 0 Å². The van der Waals surface area contributed by atoms with Crippen molar-refractivity contribution in [2.75, 3.05) is 26.8 Å². The summed E-state index contributed by atoms with van der Waals surface area (Å²) < 4.78 is 5.43. The number of hydrogen-bond acceptors (Lipinski definition) is 3. The monoisotopic (exact) mass is 266 g/mol. The molecule has 0 aliphatic carbocycles. The number of rotatable bonds is 6. The average molecular weight is 266 g/mol. The lowest BCUT2D eigenvalue weighted by atomic mass is 10.1. The van der Waals surface area contributed by atoms with Crippen molar-refractivity contribution in [3.63, 3.8) is 0 Å². The van der Waals surface area contributed by atoms with Gasteiger partial charge in [0.2, 0.25) is 0 Å². The summed E-state index contributed by atoms with van der Waals surface area (Å²) in [6.07, 6.45) is 0. The normalized spacial score (nSPS) is 11.8. The molecule has 5 nitrogen and oxygen atoms in total. The number of aliphatic hydroxyl groups excluding tert-OH is 1. The van der Waals surface area contributed by atoms with Gasteiger partial charge in [-0.3, -0.25) is 0 Å². The first kappa shape index (κ1) is 15.3. The van der Waals surface area contributed by atoms with E-state index in [1.54, 1.807) is 7.05 Å². The molecule has 0 aliphatic rings. The molecule has 5 heteroatoms. The smallest absolute Gasteiger partial charge is 0.317 e. The number of nitrogens with zero attached hydrogens (tertiary/aromatic N) is 1. The Morgan fingerprint density at radius 1 is 1.53 bits per heavy atom. The van der Waals surface area contributed by atoms with Gasteiger partial charge in [-0.25, -0.2) is 4.79 Å². The first-order valence-electron chi connectivity index (χ1n) is 6.43. The van der Waals surface area contributed by atoms with Gasteiger partial charge in [0.25, 0.3) is 0 Å². The van der Waals surface area contributed by atoms with E-state index in [0.29, 0.717) is 13.2 Å². The zero-order chi connectivity index (χ0) is 14.3. The molecule has 19 heavy (non-hydrogen) atoms. The van der Waals surface area contributed by atoms with E-state index in [9.17, 15) is 4.79 Å². The molecule has 0 heterocycles. The Bertz CT molecular complexity index is 409. The lowest BCUT2D eigenvalue weighted by Gasteiger charge is -2.21. The van der Waals surface area contributed by atoms with Crippen LogP contribution in [-0.4, -0.2) is 42.8 Å². The Labute approximate surface area is 114 Å². The van der Waals surface area contributed by atoms with Crippen molar-refractivity contribution in [1.82, 2.24) is 10.2 Å². The maximum absolute atomic E-state index is 11.8. The van der Waals surface area contributed by atoms with Gasteiger partial charge in [0.15, 0.2) is 0 Å². The molecule has 1 rings (SSSR count). The highest BCUT2D eigenvalue weighted by atomic mass is 16.5. The number of hydrogen-bond donors (Lipinski definition) is 2. The molecule has 0 spiro atoms. The number of urea groups is 1. The fourth-order valence-corrected chi connectivity index (χ4v) is 1.67. The quantitative estimate of drug-likeness (QED) is 0.825. The molecule has 1 aromatic rings. The number of likely N-dealkylation sites (N-methyl/N-ethyl adjacent to an activating group) is 1. The minimum absolute atomic E-state index is 0.0435. The number of amides is 2. The van der Waals surface area contributed by atoms with Crippen LogP contribution < -0.4 is 10.1 Å². The van der Waals surface area contributed by atoms with Crippen molar-refractivity contribution < 1.29 is 14.6 Å². The van der Waals surface area contributed by atoms with Gasteiger partial charge in [0.1, 0.15) is 5.75 Å². The maximum Gasteiger partial charge on any atom is 0.317 e. The minimum Gasteiger partial charge on any atom is -0.494 e. The van der Waals surface area contributed by atoms with Gasteiger partial charge in [0.05, 0.1) is 19.3 Å². The largest absolute Gasteiger partial charge is 0.494 e. The Morgan fingerprint density at radius 3 is 2.89 bits per heavy atom. The fourth-order valence-electron chi connectivity index (χ4n) is 1.67. The Balaban J connectivity index is 2.64. The van der Waals surface area contributed by atoms with Gasteiger partial charge in [-0.15, -0.1) is 0 Å². The van der Waals surface area contributed by atoms with Crippen LogP contribution in [0, 0.1) is 0 Å². The predicted molar refractivity (Wildman–Crippen MR) is 74.3 cm³/mol. The van der Waals surface area contributed by atoms with Crippen LogP contribution >= 0.6 is 0 Å². The van der Waals surface area contributed by atoms with Gasteiger partial charge < -0.3 is 20.1 Å². The number of aliphatic hydroxyl groups is 1. The van der Waals surface area contributed by atoms with Crippen molar-refractivity contribution in [1.29, 1.82) is 0 Å². The topological polar surface area (TPSA) is 61.8 Å². The number of carbonyl (C=O) groups excluding carboxylic acids is 1. The lowest BCUT2D eigenvalue weighted by molar-refractivity contribution is 0.188. The van der Waals surface area contributed by atoms with Crippen molar-refractivity contribution in [3.8, 4) is 5.75 Å². The summed E-state index contributed by atoms with van der Waals surface area (Å²) in [5, 5.41) is 11.7. The van der Waals surface area contributed by atoms with Crippen LogP contribution in [0.5, 0.6) is 5.75 Å². The highest BCUT2D eigenvalue weighted by Crippen LogP contribution is 2.19. The SMILES string of the molecule is CCOc1cccc(C(C)NC(=O)N(C)CCO)c1. The molecule has 0 aromatic heterocycles.